The summed E-state index contributed by atoms with van der Waals surface area (Å²) in [6.07, 6.45) is 4.15. The highest BCUT2D eigenvalue weighted by atomic mass is 16.2. The molecule has 0 bridgehead atoms. The lowest BCUT2D eigenvalue weighted by Gasteiger charge is -2.26. The number of hydrogen-bond acceptors (Lipinski definition) is 4. The van der Waals surface area contributed by atoms with Gasteiger partial charge in [0.2, 0.25) is 0 Å². The Morgan fingerprint density at radius 1 is 1.11 bits per heavy atom. The second-order valence-corrected chi connectivity index (χ2v) is 6.80. The molecule has 27 heavy (non-hydrogen) atoms. The molecule has 0 radical (unpaired) electrons. The maximum absolute atomic E-state index is 13.2. The zero-order chi connectivity index (χ0) is 19.0. The molecule has 6 heteroatoms. The Labute approximate surface area is 157 Å². The fourth-order valence-electron chi connectivity index (χ4n) is 3.59. The van der Waals surface area contributed by atoms with Gasteiger partial charge in [-0.3, -0.25) is 14.6 Å². The van der Waals surface area contributed by atoms with E-state index in [0.29, 0.717) is 5.69 Å². The lowest BCUT2D eigenvalue weighted by Crippen LogP contribution is -2.42. The molecule has 0 fully saturated rings. The van der Waals surface area contributed by atoms with E-state index in [4.69, 9.17) is 0 Å². The van der Waals surface area contributed by atoms with E-state index in [0.717, 1.165) is 23.2 Å². The Morgan fingerprint density at radius 2 is 1.85 bits per heavy atom. The predicted molar refractivity (Wildman–Crippen MR) is 104 cm³/mol. The minimum absolute atomic E-state index is 0.0523. The quantitative estimate of drug-likeness (QED) is 0.720. The smallest absolute Gasteiger partial charge is 0.267 e. The number of fused-ring (bicyclic) bond motifs is 1. The van der Waals surface area contributed by atoms with Crippen molar-refractivity contribution < 1.29 is 4.79 Å². The molecular formula is C21H20N4O2. The number of rotatable bonds is 3. The molecule has 2 aromatic heterocycles. The topological polar surface area (TPSA) is 68.1 Å². The minimum Gasteiger partial charge on any atom is -0.307 e. The monoisotopic (exact) mass is 360 g/mol. The molecule has 1 amide bonds. The summed E-state index contributed by atoms with van der Waals surface area (Å²) in [6, 6.07) is 14.0. The molecule has 6 nitrogen and oxygen atoms in total. The van der Waals surface area contributed by atoms with E-state index in [2.05, 4.69) is 10.1 Å². The summed E-state index contributed by atoms with van der Waals surface area (Å²) in [5.74, 6) is -0.131. The second kappa shape index (κ2) is 6.79. The van der Waals surface area contributed by atoms with Crippen LogP contribution in [0.15, 0.2) is 65.7 Å². The van der Waals surface area contributed by atoms with E-state index < -0.39 is 6.04 Å². The van der Waals surface area contributed by atoms with Gasteiger partial charge in [0.1, 0.15) is 6.04 Å². The second-order valence-electron chi connectivity index (χ2n) is 6.80. The van der Waals surface area contributed by atoms with Crippen molar-refractivity contribution in [2.75, 3.05) is 4.90 Å². The van der Waals surface area contributed by atoms with Crippen molar-refractivity contribution in [1.29, 1.82) is 0 Å². The summed E-state index contributed by atoms with van der Waals surface area (Å²) in [5.41, 5.74) is 3.25. The number of carbonyl (C=O) groups excluding carboxylic acids is 1. The van der Waals surface area contributed by atoms with Crippen molar-refractivity contribution in [3.05, 3.63) is 76.8 Å². The first kappa shape index (κ1) is 17.1. The average molecular weight is 360 g/mol. The van der Waals surface area contributed by atoms with Crippen LogP contribution in [0.1, 0.15) is 25.5 Å². The Balaban J connectivity index is 1.70. The number of benzene rings is 1. The average Bonchev–Trinajstić information content (AvgIpc) is 3.03. The van der Waals surface area contributed by atoms with Gasteiger partial charge in [0.25, 0.3) is 11.5 Å². The summed E-state index contributed by atoms with van der Waals surface area (Å²) in [5, 5.41) is 4.44. The number of amides is 1. The summed E-state index contributed by atoms with van der Waals surface area (Å²) in [7, 11) is 0. The van der Waals surface area contributed by atoms with Gasteiger partial charge in [-0.1, -0.05) is 18.2 Å². The van der Waals surface area contributed by atoms with Crippen molar-refractivity contribution in [1.82, 2.24) is 14.8 Å². The van der Waals surface area contributed by atoms with Crippen molar-refractivity contribution in [3.63, 3.8) is 0 Å². The zero-order valence-electron chi connectivity index (χ0n) is 15.2. The Bertz CT molecular complexity index is 1050. The highest BCUT2D eigenvalue weighted by molar-refractivity contribution is 5.98. The van der Waals surface area contributed by atoms with Gasteiger partial charge in [0.15, 0.2) is 0 Å². The Morgan fingerprint density at radius 3 is 2.63 bits per heavy atom. The third-order valence-electron chi connectivity index (χ3n) is 4.97. The molecule has 0 aliphatic carbocycles. The van der Waals surface area contributed by atoms with Gasteiger partial charge in [-0.15, -0.1) is 0 Å². The molecule has 1 aliphatic heterocycles. The van der Waals surface area contributed by atoms with Crippen molar-refractivity contribution >= 4 is 11.6 Å². The van der Waals surface area contributed by atoms with Crippen LogP contribution in [0.4, 0.5) is 5.69 Å². The van der Waals surface area contributed by atoms with Crippen molar-refractivity contribution in [2.24, 2.45) is 0 Å². The molecule has 136 valence electrons. The van der Waals surface area contributed by atoms with Gasteiger partial charge in [-0.2, -0.15) is 5.10 Å². The van der Waals surface area contributed by atoms with Gasteiger partial charge >= 0.3 is 0 Å². The van der Waals surface area contributed by atoms with E-state index in [9.17, 15) is 9.59 Å². The number of aromatic nitrogens is 3. The Kier molecular flexibility index (Phi) is 4.32. The van der Waals surface area contributed by atoms with Crippen LogP contribution in [-0.4, -0.2) is 26.7 Å². The predicted octanol–water partition coefficient (Wildman–Crippen LogP) is 2.84. The SMILES string of the molecule is CC1Cc2ccccc2N1C(=O)C(C)n1nc(-c2ccncc2)ccc1=O. The molecule has 3 heterocycles. The molecular weight excluding hydrogens is 340 g/mol. The summed E-state index contributed by atoms with van der Waals surface area (Å²) >= 11 is 0. The van der Waals surface area contributed by atoms with Crippen LogP contribution in [0.2, 0.25) is 0 Å². The molecule has 3 aromatic rings. The largest absolute Gasteiger partial charge is 0.307 e. The number of nitrogens with zero attached hydrogens (tertiary/aromatic N) is 4. The molecule has 0 saturated heterocycles. The standard InChI is InChI=1S/C21H20N4O2/c1-14-13-17-5-3-4-6-19(17)24(14)21(27)15(2)25-20(26)8-7-18(23-25)16-9-11-22-12-10-16/h3-12,14-15H,13H2,1-2H3. The molecule has 2 unspecified atom stereocenters. The van der Waals surface area contributed by atoms with Crippen molar-refractivity contribution in [3.8, 4) is 11.3 Å². The van der Waals surface area contributed by atoms with E-state index in [1.165, 1.54) is 10.7 Å². The van der Waals surface area contributed by atoms with Crippen LogP contribution >= 0.6 is 0 Å². The molecule has 2 atom stereocenters. The normalized spacial score (nSPS) is 16.8. The first-order valence-corrected chi connectivity index (χ1v) is 8.97. The van der Waals surface area contributed by atoms with Gasteiger partial charge in [0.05, 0.1) is 5.69 Å². The highest BCUT2D eigenvalue weighted by Crippen LogP contribution is 2.33. The number of pyridine rings is 1. The lowest BCUT2D eigenvalue weighted by molar-refractivity contribution is -0.121. The molecule has 0 N–H and O–H groups in total. The lowest BCUT2D eigenvalue weighted by atomic mass is 10.1. The van der Waals surface area contributed by atoms with Crippen LogP contribution in [-0.2, 0) is 11.2 Å². The van der Waals surface area contributed by atoms with E-state index in [1.807, 2.05) is 43.3 Å². The van der Waals surface area contributed by atoms with Gasteiger partial charge in [-0.05, 0) is 50.1 Å². The van der Waals surface area contributed by atoms with E-state index >= 15 is 0 Å². The molecule has 0 spiro atoms. The highest BCUT2D eigenvalue weighted by Gasteiger charge is 2.34. The van der Waals surface area contributed by atoms with Gasteiger partial charge < -0.3 is 4.90 Å². The first-order valence-electron chi connectivity index (χ1n) is 8.97. The van der Waals surface area contributed by atoms with Gasteiger partial charge in [0, 0.05) is 35.8 Å². The van der Waals surface area contributed by atoms with Crippen molar-refractivity contribution in [2.45, 2.75) is 32.4 Å². The van der Waals surface area contributed by atoms with E-state index in [1.54, 1.807) is 30.3 Å². The molecule has 1 aromatic carbocycles. The van der Waals surface area contributed by atoms with Crippen LogP contribution in [0, 0.1) is 0 Å². The van der Waals surface area contributed by atoms with Crippen LogP contribution in [0.5, 0.6) is 0 Å². The maximum Gasteiger partial charge on any atom is 0.267 e. The fraction of sp³-hybridized carbons (Fsp3) is 0.238. The molecule has 4 rings (SSSR count). The summed E-state index contributed by atoms with van der Waals surface area (Å²) < 4.78 is 1.27. The Hall–Kier alpha value is -3.28. The summed E-state index contributed by atoms with van der Waals surface area (Å²) in [6.45, 7) is 3.74. The minimum atomic E-state index is -0.701. The zero-order valence-corrected chi connectivity index (χ0v) is 15.2. The molecule has 1 aliphatic rings. The van der Waals surface area contributed by atoms with Gasteiger partial charge in [-0.25, -0.2) is 4.68 Å². The number of anilines is 1. The summed E-state index contributed by atoms with van der Waals surface area (Å²) in [4.78, 5) is 31.4. The number of para-hydroxylation sites is 1. The third-order valence-corrected chi connectivity index (χ3v) is 4.97. The first-order chi connectivity index (χ1) is 13.1. The van der Waals surface area contributed by atoms with Crippen LogP contribution in [0.25, 0.3) is 11.3 Å². The van der Waals surface area contributed by atoms with Crippen LogP contribution in [0.3, 0.4) is 0 Å². The third kappa shape index (κ3) is 3.03. The number of carbonyl (C=O) groups is 1. The fourth-order valence-corrected chi connectivity index (χ4v) is 3.59. The van der Waals surface area contributed by atoms with Crippen LogP contribution < -0.4 is 10.5 Å². The molecule has 0 saturated carbocycles. The van der Waals surface area contributed by atoms with E-state index in [-0.39, 0.29) is 17.5 Å². The maximum atomic E-state index is 13.2. The number of hydrogen-bond donors (Lipinski definition) is 0.